The topological polar surface area (TPSA) is 117 Å². The smallest absolute Gasteiger partial charge is 0.227 e. The van der Waals surface area contributed by atoms with Crippen LogP contribution in [0.4, 0.5) is 17.5 Å². The molecule has 8 nitrogen and oxygen atoms in total. The number of anilines is 3. The molecule has 0 unspecified atom stereocenters. The van der Waals surface area contributed by atoms with Crippen molar-refractivity contribution >= 4 is 23.4 Å². The molecular weight excluding hydrogens is 346 g/mol. The first-order valence-corrected chi connectivity index (χ1v) is 8.98. The van der Waals surface area contributed by atoms with Gasteiger partial charge < -0.3 is 25.8 Å². The quantitative estimate of drug-likeness (QED) is 0.829. The van der Waals surface area contributed by atoms with Crippen molar-refractivity contribution < 1.29 is 14.3 Å². The van der Waals surface area contributed by atoms with E-state index in [2.05, 4.69) is 23.8 Å². The highest BCUT2D eigenvalue weighted by Crippen LogP contribution is 2.42. The number of carbonyl (C=O) groups is 1. The van der Waals surface area contributed by atoms with E-state index in [0.29, 0.717) is 35.9 Å². The van der Waals surface area contributed by atoms with Crippen molar-refractivity contribution in [3.8, 4) is 17.2 Å². The van der Waals surface area contributed by atoms with Crippen molar-refractivity contribution in [3.63, 3.8) is 0 Å². The van der Waals surface area contributed by atoms with Crippen LogP contribution in [-0.2, 0) is 4.79 Å². The van der Waals surface area contributed by atoms with Gasteiger partial charge >= 0.3 is 0 Å². The van der Waals surface area contributed by atoms with Gasteiger partial charge in [0, 0.05) is 24.6 Å². The lowest BCUT2D eigenvalue weighted by Crippen LogP contribution is -2.35. The Morgan fingerprint density at radius 3 is 2.56 bits per heavy atom. The van der Waals surface area contributed by atoms with Gasteiger partial charge in [-0.15, -0.1) is 0 Å². The second kappa shape index (κ2) is 7.69. The molecule has 0 aliphatic carbocycles. The fourth-order valence-corrected chi connectivity index (χ4v) is 3.13. The zero-order valence-electron chi connectivity index (χ0n) is 15.9. The molecule has 4 N–H and O–H groups in total. The van der Waals surface area contributed by atoms with E-state index < -0.39 is 0 Å². The molecule has 1 aliphatic heterocycles. The highest BCUT2D eigenvalue weighted by atomic mass is 16.5. The van der Waals surface area contributed by atoms with E-state index in [1.807, 2.05) is 12.1 Å². The van der Waals surface area contributed by atoms with Crippen LogP contribution in [0.2, 0.25) is 0 Å². The molecule has 0 spiro atoms. The number of benzene rings is 1. The highest BCUT2D eigenvalue weighted by Gasteiger charge is 2.25. The maximum Gasteiger partial charge on any atom is 0.227 e. The third kappa shape index (κ3) is 3.89. The van der Waals surface area contributed by atoms with Crippen LogP contribution < -0.4 is 25.8 Å². The summed E-state index contributed by atoms with van der Waals surface area (Å²) in [5.41, 5.74) is 13.1. The van der Waals surface area contributed by atoms with Gasteiger partial charge in [0.25, 0.3) is 0 Å². The Morgan fingerprint density at radius 1 is 1.15 bits per heavy atom. The number of aromatic nitrogens is 2. The van der Waals surface area contributed by atoms with E-state index >= 15 is 0 Å². The lowest BCUT2D eigenvalue weighted by Gasteiger charge is -2.29. The summed E-state index contributed by atoms with van der Waals surface area (Å²) in [5.74, 6) is 2.02. The van der Waals surface area contributed by atoms with Crippen LogP contribution in [-0.4, -0.2) is 29.5 Å². The first-order chi connectivity index (χ1) is 12.9. The summed E-state index contributed by atoms with van der Waals surface area (Å²) in [6, 6.07) is 3.73. The molecule has 0 atom stereocenters. The van der Waals surface area contributed by atoms with Crippen molar-refractivity contribution in [2.75, 3.05) is 30.0 Å². The molecule has 27 heavy (non-hydrogen) atoms. The van der Waals surface area contributed by atoms with Crippen LogP contribution >= 0.6 is 0 Å². The fourth-order valence-electron chi connectivity index (χ4n) is 3.13. The average molecular weight is 371 g/mol. The third-order valence-electron chi connectivity index (χ3n) is 4.57. The summed E-state index contributed by atoms with van der Waals surface area (Å²) in [7, 11) is 1.60. The molecule has 0 saturated carbocycles. The van der Waals surface area contributed by atoms with Gasteiger partial charge in [-0.25, -0.2) is 4.98 Å². The normalized spacial score (nSPS) is 14.5. The minimum atomic E-state index is 0.0816. The van der Waals surface area contributed by atoms with E-state index in [4.69, 9.17) is 20.9 Å². The number of nitrogens with two attached hydrogens (primary N) is 2. The Labute approximate surface area is 158 Å². The Kier molecular flexibility index (Phi) is 5.34. The number of ether oxygens (including phenoxy) is 2. The second-order valence-corrected chi connectivity index (χ2v) is 6.80. The Bertz CT molecular complexity index is 853. The maximum absolute atomic E-state index is 12.4. The average Bonchev–Trinajstić information content (AvgIpc) is 2.64. The molecule has 8 heteroatoms. The molecule has 1 saturated heterocycles. The van der Waals surface area contributed by atoms with E-state index in [1.165, 1.54) is 6.20 Å². The van der Waals surface area contributed by atoms with Crippen LogP contribution in [0.25, 0.3) is 0 Å². The number of amides is 1. The summed E-state index contributed by atoms with van der Waals surface area (Å²) in [4.78, 5) is 22.0. The second-order valence-electron chi connectivity index (χ2n) is 6.80. The number of hydrogen-bond acceptors (Lipinski definition) is 7. The summed E-state index contributed by atoms with van der Waals surface area (Å²) >= 11 is 0. The SMILES string of the molecule is COc1cc(C(C)C)c(Oc2cnc(N)nc2N)cc1N1CCCCC1=O. The minimum absolute atomic E-state index is 0.0816. The molecule has 1 fully saturated rings. The van der Waals surface area contributed by atoms with Gasteiger partial charge in [-0.1, -0.05) is 13.8 Å². The van der Waals surface area contributed by atoms with Crippen molar-refractivity contribution in [2.45, 2.75) is 39.0 Å². The number of piperidine rings is 1. The zero-order chi connectivity index (χ0) is 19.6. The van der Waals surface area contributed by atoms with Gasteiger partial charge in [-0.05, 0) is 24.8 Å². The molecule has 144 valence electrons. The van der Waals surface area contributed by atoms with E-state index in [1.54, 1.807) is 12.0 Å². The van der Waals surface area contributed by atoms with Gasteiger partial charge in [0.1, 0.15) is 11.5 Å². The van der Waals surface area contributed by atoms with E-state index in [-0.39, 0.29) is 23.6 Å². The van der Waals surface area contributed by atoms with Gasteiger partial charge in [0.15, 0.2) is 11.6 Å². The molecule has 1 amide bonds. The summed E-state index contributed by atoms with van der Waals surface area (Å²) in [6.45, 7) is 4.76. The number of rotatable bonds is 5. The molecule has 0 radical (unpaired) electrons. The largest absolute Gasteiger partial charge is 0.495 e. The molecule has 1 aromatic heterocycles. The Balaban J connectivity index is 2.07. The number of nitrogens with zero attached hydrogens (tertiary/aromatic N) is 3. The molecule has 2 aromatic rings. The van der Waals surface area contributed by atoms with Crippen molar-refractivity contribution in [1.29, 1.82) is 0 Å². The third-order valence-corrected chi connectivity index (χ3v) is 4.57. The number of nitrogen functional groups attached to an aromatic ring is 2. The molecule has 1 aliphatic rings. The molecular formula is C19H25N5O3. The summed E-state index contributed by atoms with van der Waals surface area (Å²) in [5, 5.41) is 0. The van der Waals surface area contributed by atoms with Crippen LogP contribution in [0.5, 0.6) is 17.2 Å². The van der Waals surface area contributed by atoms with E-state index in [0.717, 1.165) is 18.4 Å². The molecule has 0 bridgehead atoms. The lowest BCUT2D eigenvalue weighted by molar-refractivity contribution is -0.119. The van der Waals surface area contributed by atoms with Gasteiger partial charge in [-0.3, -0.25) is 4.79 Å². The predicted molar refractivity (Wildman–Crippen MR) is 104 cm³/mol. The maximum atomic E-state index is 12.4. The Hall–Kier alpha value is -3.03. The molecule has 3 rings (SSSR count). The van der Waals surface area contributed by atoms with Crippen molar-refractivity contribution in [1.82, 2.24) is 9.97 Å². The van der Waals surface area contributed by atoms with Gasteiger partial charge in [-0.2, -0.15) is 4.98 Å². The highest BCUT2D eigenvalue weighted by molar-refractivity contribution is 5.96. The van der Waals surface area contributed by atoms with Crippen molar-refractivity contribution in [3.05, 3.63) is 23.9 Å². The van der Waals surface area contributed by atoms with Crippen molar-refractivity contribution in [2.24, 2.45) is 0 Å². The summed E-state index contributed by atoms with van der Waals surface area (Å²) in [6.07, 6.45) is 3.84. The first kappa shape index (κ1) is 18.8. The lowest BCUT2D eigenvalue weighted by atomic mass is 10.00. The van der Waals surface area contributed by atoms with Crippen LogP contribution in [0.15, 0.2) is 18.3 Å². The minimum Gasteiger partial charge on any atom is -0.495 e. The van der Waals surface area contributed by atoms with E-state index in [9.17, 15) is 4.79 Å². The number of hydrogen-bond donors (Lipinski definition) is 2. The summed E-state index contributed by atoms with van der Waals surface area (Å²) < 4.78 is 11.6. The Morgan fingerprint density at radius 2 is 1.93 bits per heavy atom. The fraction of sp³-hybridized carbons (Fsp3) is 0.421. The first-order valence-electron chi connectivity index (χ1n) is 8.98. The number of methoxy groups -OCH3 is 1. The molecule has 2 heterocycles. The van der Waals surface area contributed by atoms with Gasteiger partial charge in [0.2, 0.25) is 11.9 Å². The molecule has 1 aromatic carbocycles. The predicted octanol–water partition coefficient (Wildman–Crippen LogP) is 3.08. The van der Waals surface area contributed by atoms with Crippen LogP contribution in [0.3, 0.4) is 0 Å². The standard InChI is InChI=1S/C19H25N5O3/c1-11(2)12-8-15(26-3)13(24-7-5-4-6-17(24)25)9-14(12)27-16-10-22-19(21)23-18(16)20/h8-11H,4-7H2,1-3H3,(H4,20,21,22,23). The number of carbonyl (C=O) groups excluding carboxylic acids is 1. The zero-order valence-corrected chi connectivity index (χ0v) is 15.9. The monoisotopic (exact) mass is 371 g/mol. The van der Waals surface area contributed by atoms with Crippen LogP contribution in [0, 0.1) is 0 Å². The van der Waals surface area contributed by atoms with Gasteiger partial charge in [0.05, 0.1) is 19.0 Å². The van der Waals surface area contributed by atoms with Crippen LogP contribution in [0.1, 0.15) is 44.6 Å².